The van der Waals surface area contributed by atoms with E-state index in [0.29, 0.717) is 0 Å². The summed E-state index contributed by atoms with van der Waals surface area (Å²) in [5.41, 5.74) is -0.894. The SMILES string of the molecule is CNC(CN(C)CCC(F)(F)F)(C(=O)OC)C1CC1. The fraction of sp³-hybridized carbons (Fsp3) is 0.917. The molecule has 1 N–H and O–H groups in total. The number of hydrogen-bond donors (Lipinski definition) is 1. The third kappa shape index (κ3) is 4.35. The van der Waals surface area contributed by atoms with Crippen LogP contribution in [-0.2, 0) is 9.53 Å². The van der Waals surface area contributed by atoms with Gasteiger partial charge in [-0.2, -0.15) is 13.2 Å². The predicted octanol–water partition coefficient (Wildman–Crippen LogP) is 1.41. The van der Waals surface area contributed by atoms with Crippen molar-refractivity contribution in [1.82, 2.24) is 10.2 Å². The van der Waals surface area contributed by atoms with E-state index in [-0.39, 0.29) is 19.0 Å². The Balaban J connectivity index is 2.64. The molecule has 4 nitrogen and oxygen atoms in total. The van der Waals surface area contributed by atoms with Gasteiger partial charge in [-0.05, 0) is 32.9 Å². The molecule has 0 saturated heterocycles. The summed E-state index contributed by atoms with van der Waals surface area (Å²) < 4.78 is 41.4. The summed E-state index contributed by atoms with van der Waals surface area (Å²) in [7, 11) is 4.53. The molecule has 1 saturated carbocycles. The number of methoxy groups -OCH3 is 1. The minimum absolute atomic E-state index is 0.128. The average Bonchev–Trinajstić information content (AvgIpc) is 3.16. The molecule has 0 amide bonds. The number of halogens is 3. The third-order valence-corrected chi connectivity index (χ3v) is 3.57. The van der Waals surface area contributed by atoms with Crippen LogP contribution in [0.25, 0.3) is 0 Å². The van der Waals surface area contributed by atoms with E-state index >= 15 is 0 Å². The van der Waals surface area contributed by atoms with Crippen LogP contribution in [0.1, 0.15) is 19.3 Å². The van der Waals surface area contributed by atoms with Crippen LogP contribution < -0.4 is 5.32 Å². The number of ether oxygens (including phenoxy) is 1. The second kappa shape index (κ2) is 6.09. The first-order valence-corrected chi connectivity index (χ1v) is 6.28. The Kier molecular flexibility index (Phi) is 5.20. The second-order valence-corrected chi connectivity index (χ2v) is 5.09. The maximum Gasteiger partial charge on any atom is 0.390 e. The number of carbonyl (C=O) groups excluding carboxylic acids is 1. The summed E-state index contributed by atoms with van der Waals surface area (Å²) in [4.78, 5) is 13.5. The van der Waals surface area contributed by atoms with Crippen LogP contribution in [0.4, 0.5) is 13.2 Å². The van der Waals surface area contributed by atoms with Gasteiger partial charge in [-0.1, -0.05) is 0 Å². The minimum atomic E-state index is -4.18. The molecule has 1 aliphatic rings. The summed E-state index contributed by atoms with van der Waals surface area (Å²) in [6.45, 7) is 0.0908. The first kappa shape index (κ1) is 16.2. The van der Waals surface area contributed by atoms with E-state index < -0.39 is 24.1 Å². The Hall–Kier alpha value is -0.820. The topological polar surface area (TPSA) is 41.6 Å². The summed E-state index contributed by atoms with van der Waals surface area (Å²) in [6.07, 6.45) is -3.28. The van der Waals surface area contributed by atoms with E-state index in [4.69, 9.17) is 4.74 Å². The van der Waals surface area contributed by atoms with Crippen molar-refractivity contribution < 1.29 is 22.7 Å². The van der Waals surface area contributed by atoms with Crippen molar-refractivity contribution in [2.45, 2.75) is 31.0 Å². The van der Waals surface area contributed by atoms with Gasteiger partial charge in [-0.25, -0.2) is 4.79 Å². The van der Waals surface area contributed by atoms with Crippen LogP contribution in [0.3, 0.4) is 0 Å². The highest BCUT2D eigenvalue weighted by Crippen LogP contribution is 2.40. The fourth-order valence-electron chi connectivity index (χ4n) is 2.33. The monoisotopic (exact) mass is 282 g/mol. The smallest absolute Gasteiger partial charge is 0.390 e. The molecule has 0 aromatic heterocycles. The number of rotatable bonds is 7. The molecule has 0 aliphatic heterocycles. The zero-order valence-electron chi connectivity index (χ0n) is 11.5. The van der Waals surface area contributed by atoms with Crippen molar-refractivity contribution >= 4 is 5.97 Å². The minimum Gasteiger partial charge on any atom is -0.468 e. The number of nitrogens with one attached hydrogen (secondary N) is 1. The van der Waals surface area contributed by atoms with Gasteiger partial charge in [-0.15, -0.1) is 0 Å². The zero-order chi connectivity index (χ0) is 14.7. The summed E-state index contributed by atoms with van der Waals surface area (Å²) >= 11 is 0. The third-order valence-electron chi connectivity index (χ3n) is 3.57. The molecule has 1 atom stereocenters. The molecule has 0 bridgehead atoms. The van der Waals surface area contributed by atoms with Gasteiger partial charge >= 0.3 is 12.1 Å². The number of alkyl halides is 3. The lowest BCUT2D eigenvalue weighted by Gasteiger charge is -2.34. The van der Waals surface area contributed by atoms with Gasteiger partial charge < -0.3 is 15.0 Å². The van der Waals surface area contributed by atoms with E-state index in [1.165, 1.54) is 12.0 Å². The maximum absolute atomic E-state index is 12.2. The van der Waals surface area contributed by atoms with Crippen molar-refractivity contribution in [3.8, 4) is 0 Å². The van der Waals surface area contributed by atoms with Gasteiger partial charge in [0.05, 0.1) is 13.5 Å². The molecule has 1 fully saturated rings. The number of nitrogens with zero attached hydrogens (tertiary/aromatic N) is 1. The quantitative estimate of drug-likeness (QED) is 0.717. The van der Waals surface area contributed by atoms with Gasteiger partial charge in [0.2, 0.25) is 0 Å². The highest BCUT2D eigenvalue weighted by molar-refractivity contribution is 5.82. The summed E-state index contributed by atoms with van der Waals surface area (Å²) in [5.74, 6) is -0.269. The molecule has 0 spiro atoms. The Morgan fingerprint density at radius 2 is 2.00 bits per heavy atom. The first-order chi connectivity index (χ1) is 8.75. The van der Waals surface area contributed by atoms with Gasteiger partial charge in [0.25, 0.3) is 0 Å². The van der Waals surface area contributed by atoms with Crippen molar-refractivity contribution in [2.75, 3.05) is 34.3 Å². The molecule has 0 aromatic rings. The van der Waals surface area contributed by atoms with Crippen molar-refractivity contribution in [2.24, 2.45) is 5.92 Å². The molecule has 7 heteroatoms. The first-order valence-electron chi connectivity index (χ1n) is 6.28. The van der Waals surface area contributed by atoms with Gasteiger partial charge in [0, 0.05) is 13.1 Å². The maximum atomic E-state index is 12.2. The predicted molar refractivity (Wildman–Crippen MR) is 64.7 cm³/mol. The molecule has 0 aromatic carbocycles. The summed E-state index contributed by atoms with van der Waals surface area (Å²) in [6, 6.07) is 0. The Labute approximate surface area is 111 Å². The number of likely N-dealkylation sites (N-methyl/N-ethyl adjacent to an activating group) is 2. The van der Waals surface area contributed by atoms with E-state index in [9.17, 15) is 18.0 Å². The zero-order valence-corrected chi connectivity index (χ0v) is 11.5. The average molecular weight is 282 g/mol. The van der Waals surface area contributed by atoms with Crippen molar-refractivity contribution in [3.63, 3.8) is 0 Å². The molecular weight excluding hydrogens is 261 g/mol. The second-order valence-electron chi connectivity index (χ2n) is 5.09. The molecule has 1 aliphatic carbocycles. The van der Waals surface area contributed by atoms with Crippen LogP contribution in [0.2, 0.25) is 0 Å². The molecule has 19 heavy (non-hydrogen) atoms. The largest absolute Gasteiger partial charge is 0.468 e. The highest BCUT2D eigenvalue weighted by atomic mass is 19.4. The summed E-state index contributed by atoms with van der Waals surface area (Å²) in [5, 5.41) is 2.96. The van der Waals surface area contributed by atoms with Gasteiger partial charge in [0.1, 0.15) is 5.54 Å². The van der Waals surface area contributed by atoms with E-state index in [2.05, 4.69) is 5.32 Å². The van der Waals surface area contributed by atoms with Gasteiger partial charge in [0.15, 0.2) is 0 Å². The van der Waals surface area contributed by atoms with E-state index in [0.717, 1.165) is 12.8 Å². The van der Waals surface area contributed by atoms with Crippen LogP contribution >= 0.6 is 0 Å². The van der Waals surface area contributed by atoms with Crippen LogP contribution in [0, 0.1) is 5.92 Å². The number of hydrogen-bond acceptors (Lipinski definition) is 4. The highest BCUT2D eigenvalue weighted by Gasteiger charge is 2.51. The fourth-order valence-corrected chi connectivity index (χ4v) is 2.33. The number of esters is 1. The van der Waals surface area contributed by atoms with E-state index in [1.54, 1.807) is 14.1 Å². The Morgan fingerprint density at radius 3 is 2.37 bits per heavy atom. The lowest BCUT2D eigenvalue weighted by molar-refractivity contribution is -0.151. The van der Waals surface area contributed by atoms with E-state index in [1.807, 2.05) is 0 Å². The molecule has 0 heterocycles. The molecule has 0 radical (unpaired) electrons. The molecule has 112 valence electrons. The lowest BCUT2D eigenvalue weighted by atomic mass is 9.92. The molecule has 1 unspecified atom stereocenters. The van der Waals surface area contributed by atoms with Crippen molar-refractivity contribution in [3.05, 3.63) is 0 Å². The lowest BCUT2D eigenvalue weighted by Crippen LogP contribution is -2.59. The molecule has 1 rings (SSSR count). The Bertz CT molecular complexity index is 319. The normalized spacial score (nSPS) is 19.3. The van der Waals surface area contributed by atoms with Crippen molar-refractivity contribution in [1.29, 1.82) is 0 Å². The van der Waals surface area contributed by atoms with Crippen LogP contribution in [0.15, 0.2) is 0 Å². The van der Waals surface area contributed by atoms with Crippen LogP contribution in [-0.4, -0.2) is 56.9 Å². The standard InChI is InChI=1S/C12H21F3N2O2/c1-16-11(9-4-5-9,10(18)19-3)8-17(2)7-6-12(13,14)15/h9,16H,4-8H2,1-3H3. The number of carbonyl (C=O) groups is 1. The van der Waals surface area contributed by atoms with Crippen LogP contribution in [0.5, 0.6) is 0 Å². The molecular formula is C12H21F3N2O2. The van der Waals surface area contributed by atoms with Gasteiger partial charge in [-0.3, -0.25) is 0 Å². The Morgan fingerprint density at radius 1 is 1.42 bits per heavy atom.